The Labute approximate surface area is 201 Å². The summed E-state index contributed by atoms with van der Waals surface area (Å²) in [6.07, 6.45) is 11.4. The maximum atomic E-state index is 6.25. The zero-order valence-electron chi connectivity index (χ0n) is 20.0. The van der Waals surface area contributed by atoms with Crippen LogP contribution in [-0.2, 0) is 0 Å². The Morgan fingerprint density at radius 2 is 1.94 bits per heavy atom. The molecule has 0 bridgehead atoms. The van der Waals surface area contributed by atoms with E-state index in [4.69, 9.17) is 10.7 Å². The molecule has 0 aliphatic carbocycles. The minimum Gasteiger partial charge on any atom is -0.403 e. The summed E-state index contributed by atoms with van der Waals surface area (Å²) >= 11 is 3.86. The molecule has 1 atom stereocenters. The van der Waals surface area contributed by atoms with Gasteiger partial charge in [0.15, 0.2) is 0 Å². The van der Waals surface area contributed by atoms with Gasteiger partial charge in [0.2, 0.25) is 0 Å². The fourth-order valence-corrected chi connectivity index (χ4v) is 6.11. The molecular formula is C27H35BrN4. The highest BCUT2D eigenvalue weighted by Crippen LogP contribution is 2.54. The Hall–Kier alpha value is -2.14. The molecule has 1 aromatic carbocycles. The summed E-state index contributed by atoms with van der Waals surface area (Å²) < 4.78 is 1.10. The van der Waals surface area contributed by atoms with Crippen LogP contribution in [-0.4, -0.2) is 27.9 Å². The van der Waals surface area contributed by atoms with Crippen molar-refractivity contribution >= 4 is 33.1 Å². The molecule has 0 saturated carbocycles. The van der Waals surface area contributed by atoms with E-state index < -0.39 is 0 Å². The summed E-state index contributed by atoms with van der Waals surface area (Å²) in [5.41, 5.74) is 14.0. The van der Waals surface area contributed by atoms with E-state index in [0.717, 1.165) is 59.3 Å². The number of halogens is 1. The standard InChI is InChI=1S/C27H35BrN4/c1-6-8-20(9-7-2)32-21(16-29)15-23-25(22-11-10-19(17(3)4)14-24(22)28)31-26-18(5)30-13-12-27(23,26)32/h10-14,16-17,20H,6-9,15,29H2,1-5H3. The predicted octanol–water partition coefficient (Wildman–Crippen LogP) is 6.94. The molecule has 1 fully saturated rings. The van der Waals surface area contributed by atoms with Crippen LogP contribution >= 0.6 is 15.9 Å². The van der Waals surface area contributed by atoms with E-state index in [9.17, 15) is 0 Å². The van der Waals surface area contributed by atoms with Gasteiger partial charge in [-0.3, -0.25) is 4.99 Å². The molecule has 2 N–H and O–H groups in total. The lowest BCUT2D eigenvalue weighted by atomic mass is 9.81. The largest absolute Gasteiger partial charge is 0.403 e. The van der Waals surface area contributed by atoms with Crippen molar-refractivity contribution in [1.82, 2.24) is 4.90 Å². The van der Waals surface area contributed by atoms with Crippen LogP contribution in [0, 0.1) is 0 Å². The number of allylic oxidation sites excluding steroid dienone is 1. The van der Waals surface area contributed by atoms with E-state index in [1.165, 1.54) is 16.8 Å². The van der Waals surface area contributed by atoms with Gasteiger partial charge in [0, 0.05) is 40.6 Å². The van der Waals surface area contributed by atoms with Gasteiger partial charge in [0.25, 0.3) is 0 Å². The molecule has 1 spiro atoms. The van der Waals surface area contributed by atoms with Crippen molar-refractivity contribution in [2.75, 3.05) is 0 Å². The highest BCUT2D eigenvalue weighted by atomic mass is 79.9. The van der Waals surface area contributed by atoms with Crippen molar-refractivity contribution in [2.45, 2.75) is 84.2 Å². The van der Waals surface area contributed by atoms with Crippen LogP contribution in [0.1, 0.15) is 83.8 Å². The number of likely N-dealkylation sites (tertiary alicyclic amines) is 1. The van der Waals surface area contributed by atoms with Gasteiger partial charge < -0.3 is 10.6 Å². The maximum Gasteiger partial charge on any atom is 0.129 e. The van der Waals surface area contributed by atoms with Crippen LogP contribution in [0.3, 0.4) is 0 Å². The second-order valence-electron chi connectivity index (χ2n) is 9.41. The first-order valence-electron chi connectivity index (χ1n) is 11.9. The molecule has 0 radical (unpaired) electrons. The zero-order valence-corrected chi connectivity index (χ0v) is 21.5. The van der Waals surface area contributed by atoms with Crippen molar-refractivity contribution in [1.29, 1.82) is 0 Å². The molecule has 170 valence electrons. The Morgan fingerprint density at radius 3 is 2.53 bits per heavy atom. The first-order valence-corrected chi connectivity index (χ1v) is 12.7. The van der Waals surface area contributed by atoms with Crippen LogP contribution in [0.5, 0.6) is 0 Å². The van der Waals surface area contributed by atoms with Gasteiger partial charge in [0.05, 0.1) is 17.1 Å². The third-order valence-corrected chi connectivity index (χ3v) is 7.68. The van der Waals surface area contributed by atoms with E-state index in [0.29, 0.717) is 12.0 Å². The Balaban J connectivity index is 1.93. The molecule has 3 aliphatic rings. The van der Waals surface area contributed by atoms with Crippen molar-refractivity contribution in [2.24, 2.45) is 15.7 Å². The number of aliphatic imine (C=N–C) groups is 2. The monoisotopic (exact) mass is 494 g/mol. The van der Waals surface area contributed by atoms with Gasteiger partial charge >= 0.3 is 0 Å². The second-order valence-corrected chi connectivity index (χ2v) is 10.3. The zero-order chi connectivity index (χ0) is 23.0. The summed E-state index contributed by atoms with van der Waals surface area (Å²) in [4.78, 5) is 12.5. The first kappa shape index (κ1) is 23.0. The molecular weight excluding hydrogens is 460 g/mol. The van der Waals surface area contributed by atoms with Gasteiger partial charge in [-0.2, -0.15) is 0 Å². The molecule has 4 nitrogen and oxygen atoms in total. The van der Waals surface area contributed by atoms with Crippen molar-refractivity contribution in [3.63, 3.8) is 0 Å². The molecule has 5 heteroatoms. The molecule has 1 unspecified atom stereocenters. The van der Waals surface area contributed by atoms with E-state index in [1.54, 1.807) is 0 Å². The van der Waals surface area contributed by atoms with E-state index >= 15 is 0 Å². The predicted molar refractivity (Wildman–Crippen MR) is 140 cm³/mol. The molecule has 1 aromatic rings. The summed E-state index contributed by atoms with van der Waals surface area (Å²) in [6, 6.07) is 7.11. The van der Waals surface area contributed by atoms with Gasteiger partial charge in [-0.25, -0.2) is 4.99 Å². The van der Waals surface area contributed by atoms with Crippen LogP contribution in [0.25, 0.3) is 5.70 Å². The van der Waals surface area contributed by atoms with Crippen LogP contribution in [0.4, 0.5) is 0 Å². The van der Waals surface area contributed by atoms with Crippen molar-refractivity contribution in [3.8, 4) is 0 Å². The van der Waals surface area contributed by atoms with E-state index in [1.807, 2.05) is 12.4 Å². The van der Waals surface area contributed by atoms with Gasteiger partial charge in [-0.05, 0) is 49.0 Å². The lowest BCUT2D eigenvalue weighted by Crippen LogP contribution is -2.55. The topological polar surface area (TPSA) is 54.0 Å². The highest BCUT2D eigenvalue weighted by molar-refractivity contribution is 9.10. The van der Waals surface area contributed by atoms with Crippen molar-refractivity contribution < 1.29 is 0 Å². The molecule has 32 heavy (non-hydrogen) atoms. The number of nitrogens with two attached hydrogens (primary N) is 1. The van der Waals surface area contributed by atoms with Gasteiger partial charge in [-0.1, -0.05) is 68.6 Å². The number of hydrogen-bond acceptors (Lipinski definition) is 4. The maximum absolute atomic E-state index is 6.25. The number of benzene rings is 1. The average molecular weight is 496 g/mol. The highest BCUT2D eigenvalue weighted by Gasteiger charge is 2.56. The summed E-state index contributed by atoms with van der Waals surface area (Å²) in [5, 5.41) is 0. The van der Waals surface area contributed by atoms with Crippen LogP contribution in [0.15, 0.2) is 62.4 Å². The summed E-state index contributed by atoms with van der Waals surface area (Å²) in [7, 11) is 0. The van der Waals surface area contributed by atoms with Crippen LogP contribution < -0.4 is 5.73 Å². The minimum absolute atomic E-state index is 0.377. The Kier molecular flexibility index (Phi) is 6.49. The molecule has 3 aliphatic heterocycles. The number of rotatable bonds is 7. The third-order valence-electron chi connectivity index (χ3n) is 7.02. The van der Waals surface area contributed by atoms with Gasteiger partial charge in [-0.15, -0.1) is 0 Å². The summed E-state index contributed by atoms with van der Waals surface area (Å²) in [6.45, 7) is 11.1. The normalized spacial score (nSPS) is 23.4. The van der Waals surface area contributed by atoms with E-state index in [-0.39, 0.29) is 5.54 Å². The van der Waals surface area contributed by atoms with Gasteiger partial charge in [0.1, 0.15) is 5.54 Å². The fourth-order valence-electron chi connectivity index (χ4n) is 5.53. The molecule has 1 saturated heterocycles. The summed E-state index contributed by atoms with van der Waals surface area (Å²) in [5.74, 6) is 0.483. The average Bonchev–Trinajstić information content (AvgIpc) is 3.25. The lowest BCUT2D eigenvalue weighted by molar-refractivity contribution is 0.200. The SMILES string of the molecule is CCCC(CCC)N1C(=CN)CC2=C(c3ccc(C(C)C)cc3Br)N=C3C(C)=NC=CC321. The smallest absolute Gasteiger partial charge is 0.129 e. The second kappa shape index (κ2) is 9.01. The van der Waals surface area contributed by atoms with Crippen molar-refractivity contribution in [3.05, 3.63) is 63.5 Å². The number of nitrogens with zero attached hydrogens (tertiary/aromatic N) is 3. The first-order chi connectivity index (χ1) is 15.4. The molecule has 0 amide bonds. The molecule has 0 aromatic heterocycles. The third kappa shape index (κ3) is 3.49. The lowest BCUT2D eigenvalue weighted by Gasteiger charge is -2.44. The molecule has 3 heterocycles. The Bertz CT molecular complexity index is 1050. The molecule has 4 rings (SSSR count). The Morgan fingerprint density at radius 1 is 1.22 bits per heavy atom. The quantitative estimate of drug-likeness (QED) is 0.446. The minimum atomic E-state index is -0.377. The fraction of sp³-hybridized carbons (Fsp3) is 0.481. The van der Waals surface area contributed by atoms with Crippen LogP contribution in [0.2, 0.25) is 0 Å². The number of hydrogen-bond donors (Lipinski definition) is 1. The van der Waals surface area contributed by atoms with E-state index in [2.05, 4.69) is 84.7 Å².